The van der Waals surface area contributed by atoms with Crippen molar-refractivity contribution < 1.29 is 29.4 Å². The molecule has 1 aromatic heterocycles. The van der Waals surface area contributed by atoms with Crippen LogP contribution < -0.4 is 11.1 Å². The molecule has 4 rings (SSSR count). The normalized spacial score (nSPS) is 20.6. The SMILES string of the molecule is NC(=O)c1nc(SCC2=C(C(=O)O)N3C(=O)C(NC(=O)[C@H](O)c4ccccc4)[C@H]3SC2)n[nH]1. The first-order chi connectivity index (χ1) is 15.8. The average Bonchev–Trinajstić information content (AvgIpc) is 3.29. The number of nitrogens with one attached hydrogen (secondary N) is 2. The van der Waals surface area contributed by atoms with E-state index in [1.54, 1.807) is 30.3 Å². The zero-order valence-corrected chi connectivity index (χ0v) is 18.4. The summed E-state index contributed by atoms with van der Waals surface area (Å²) < 4.78 is 0. The first-order valence-electron chi connectivity index (χ1n) is 9.56. The number of β-lactam (4-membered cyclic amide) rings is 1. The molecular weight excluding hydrogens is 472 g/mol. The number of carboxylic acid groups (broad SMARTS) is 1. The standard InChI is InChI=1S/C19H18N6O6S2/c20-13(27)14-22-19(24-23-14)33-7-9-6-32-17-10(16(29)25(17)11(9)18(30)31)21-15(28)12(26)8-4-2-1-3-5-8/h1-5,10,12,17,26H,6-7H2,(H2,20,27)(H,21,28)(H,30,31)(H,22,23,24)/t10?,12-,17-/m1/s1. The van der Waals surface area contributed by atoms with Gasteiger partial charge in [-0.25, -0.2) is 4.79 Å². The van der Waals surface area contributed by atoms with E-state index >= 15 is 0 Å². The number of primary amides is 1. The summed E-state index contributed by atoms with van der Waals surface area (Å²) in [7, 11) is 0. The Labute approximate surface area is 195 Å². The highest BCUT2D eigenvalue weighted by molar-refractivity contribution is 8.01. The lowest BCUT2D eigenvalue weighted by atomic mass is 10.0. The van der Waals surface area contributed by atoms with Crippen molar-refractivity contribution in [3.8, 4) is 0 Å². The number of rotatable bonds is 8. The summed E-state index contributed by atoms with van der Waals surface area (Å²) >= 11 is 2.39. The zero-order valence-electron chi connectivity index (χ0n) is 16.8. The predicted octanol–water partition coefficient (Wildman–Crippen LogP) is -0.532. The smallest absolute Gasteiger partial charge is 0.352 e. The number of hydrogen-bond acceptors (Lipinski definition) is 9. The maximum atomic E-state index is 12.7. The van der Waals surface area contributed by atoms with Crippen molar-refractivity contribution in [3.63, 3.8) is 0 Å². The third-order valence-corrected chi connectivity index (χ3v) is 7.26. The Hall–Kier alpha value is -3.36. The van der Waals surface area contributed by atoms with Crippen LogP contribution in [0.5, 0.6) is 0 Å². The van der Waals surface area contributed by atoms with E-state index in [0.29, 0.717) is 16.9 Å². The molecule has 3 heterocycles. The van der Waals surface area contributed by atoms with Gasteiger partial charge < -0.3 is 21.3 Å². The molecule has 1 aromatic carbocycles. The molecule has 2 aromatic rings. The van der Waals surface area contributed by atoms with Gasteiger partial charge in [0.2, 0.25) is 11.0 Å². The fraction of sp³-hybridized carbons (Fsp3) is 0.263. The van der Waals surface area contributed by atoms with Gasteiger partial charge in [0.05, 0.1) is 0 Å². The van der Waals surface area contributed by atoms with Crippen molar-refractivity contribution in [1.82, 2.24) is 25.4 Å². The number of fused-ring (bicyclic) bond motifs is 1. The highest BCUT2D eigenvalue weighted by atomic mass is 32.2. The van der Waals surface area contributed by atoms with Crippen LogP contribution in [-0.2, 0) is 14.4 Å². The van der Waals surface area contributed by atoms with Gasteiger partial charge in [-0.3, -0.25) is 24.4 Å². The molecule has 1 fully saturated rings. The Balaban J connectivity index is 1.45. The van der Waals surface area contributed by atoms with E-state index in [2.05, 4.69) is 20.5 Å². The number of aliphatic carboxylic acids is 1. The summed E-state index contributed by atoms with van der Waals surface area (Å²) in [4.78, 5) is 53.3. The molecule has 12 nitrogen and oxygen atoms in total. The minimum atomic E-state index is -1.45. The summed E-state index contributed by atoms with van der Waals surface area (Å²) in [6.45, 7) is 0. The number of carboxylic acids is 1. The van der Waals surface area contributed by atoms with E-state index in [4.69, 9.17) is 5.73 Å². The lowest BCUT2D eigenvalue weighted by Crippen LogP contribution is -2.70. The van der Waals surface area contributed by atoms with Crippen LogP contribution in [0.2, 0.25) is 0 Å². The number of aliphatic hydroxyl groups is 1. The van der Waals surface area contributed by atoms with E-state index in [1.807, 2.05) is 0 Å². The molecule has 1 unspecified atom stereocenters. The van der Waals surface area contributed by atoms with Crippen molar-refractivity contribution in [2.75, 3.05) is 11.5 Å². The van der Waals surface area contributed by atoms with E-state index in [0.717, 1.165) is 16.7 Å². The summed E-state index contributed by atoms with van der Waals surface area (Å²) in [6.07, 6.45) is -1.45. The first kappa shape index (κ1) is 22.8. The topological polar surface area (TPSA) is 192 Å². The number of thioether (sulfide) groups is 2. The van der Waals surface area contributed by atoms with Crippen molar-refractivity contribution in [2.24, 2.45) is 5.73 Å². The minimum Gasteiger partial charge on any atom is -0.477 e. The molecule has 1 saturated heterocycles. The average molecular weight is 491 g/mol. The monoisotopic (exact) mass is 490 g/mol. The lowest BCUT2D eigenvalue weighted by molar-refractivity contribution is -0.151. The van der Waals surface area contributed by atoms with E-state index < -0.39 is 41.2 Å². The van der Waals surface area contributed by atoms with Gasteiger partial charge in [0.15, 0.2) is 6.10 Å². The van der Waals surface area contributed by atoms with Gasteiger partial charge in [-0.15, -0.1) is 16.9 Å². The van der Waals surface area contributed by atoms with E-state index in [9.17, 15) is 29.4 Å². The number of nitrogens with two attached hydrogens (primary N) is 1. The second-order valence-electron chi connectivity index (χ2n) is 7.09. The molecule has 0 saturated carbocycles. The van der Waals surface area contributed by atoms with E-state index in [1.165, 1.54) is 11.8 Å². The minimum absolute atomic E-state index is 0.114. The highest BCUT2D eigenvalue weighted by Gasteiger charge is 2.54. The number of amides is 3. The van der Waals surface area contributed by atoms with Gasteiger partial charge in [0.25, 0.3) is 17.7 Å². The first-order valence-corrected chi connectivity index (χ1v) is 11.6. The fourth-order valence-electron chi connectivity index (χ4n) is 3.39. The van der Waals surface area contributed by atoms with Crippen LogP contribution in [0.4, 0.5) is 0 Å². The Morgan fingerprint density at radius 3 is 2.70 bits per heavy atom. The largest absolute Gasteiger partial charge is 0.477 e. The highest BCUT2D eigenvalue weighted by Crippen LogP contribution is 2.41. The second-order valence-corrected chi connectivity index (χ2v) is 9.13. The third kappa shape index (κ3) is 4.44. The quantitative estimate of drug-likeness (QED) is 0.237. The predicted molar refractivity (Wildman–Crippen MR) is 117 cm³/mol. The number of carbonyl (C=O) groups is 4. The molecule has 6 N–H and O–H groups in total. The van der Waals surface area contributed by atoms with Crippen LogP contribution in [-0.4, -0.2) is 76.9 Å². The fourth-order valence-corrected chi connectivity index (χ4v) is 5.67. The Morgan fingerprint density at radius 1 is 1.33 bits per heavy atom. The van der Waals surface area contributed by atoms with Crippen LogP contribution in [0, 0.1) is 0 Å². The van der Waals surface area contributed by atoms with Gasteiger partial charge in [-0.2, -0.15) is 4.98 Å². The number of H-pyrrole nitrogens is 1. The van der Waals surface area contributed by atoms with Gasteiger partial charge in [-0.05, 0) is 11.1 Å². The third-order valence-electron chi connectivity index (χ3n) is 4.99. The van der Waals surface area contributed by atoms with Crippen molar-refractivity contribution in [1.29, 1.82) is 0 Å². The maximum absolute atomic E-state index is 12.7. The molecule has 0 aliphatic carbocycles. The number of nitrogens with zero attached hydrogens (tertiary/aromatic N) is 3. The van der Waals surface area contributed by atoms with Crippen LogP contribution in [0.25, 0.3) is 0 Å². The second kappa shape index (κ2) is 9.25. The van der Waals surface area contributed by atoms with Crippen molar-refractivity contribution in [3.05, 3.63) is 53.0 Å². The molecule has 0 bridgehead atoms. The van der Waals surface area contributed by atoms with Gasteiger partial charge in [0, 0.05) is 11.5 Å². The number of aromatic amines is 1. The number of aromatic nitrogens is 3. The van der Waals surface area contributed by atoms with E-state index in [-0.39, 0.29) is 22.4 Å². The number of hydrogen-bond donors (Lipinski definition) is 5. The summed E-state index contributed by atoms with van der Waals surface area (Å²) in [5.41, 5.74) is 5.82. The molecular formula is C19H18N6O6S2. The number of carbonyl (C=O) groups excluding carboxylic acids is 3. The Kier molecular flexibility index (Phi) is 6.40. The molecule has 172 valence electrons. The zero-order chi connectivity index (χ0) is 23.7. The Bertz CT molecular complexity index is 1150. The molecule has 33 heavy (non-hydrogen) atoms. The van der Waals surface area contributed by atoms with Gasteiger partial charge in [0.1, 0.15) is 17.1 Å². The van der Waals surface area contributed by atoms with Crippen LogP contribution >= 0.6 is 23.5 Å². The lowest BCUT2D eigenvalue weighted by Gasteiger charge is -2.49. The molecule has 2 aliphatic rings. The molecule has 3 atom stereocenters. The number of aliphatic hydroxyl groups excluding tert-OH is 1. The van der Waals surface area contributed by atoms with Crippen LogP contribution in [0.15, 0.2) is 46.8 Å². The van der Waals surface area contributed by atoms with Crippen molar-refractivity contribution in [2.45, 2.75) is 22.7 Å². The molecule has 0 radical (unpaired) electrons. The van der Waals surface area contributed by atoms with Gasteiger partial charge >= 0.3 is 5.97 Å². The maximum Gasteiger partial charge on any atom is 0.352 e. The van der Waals surface area contributed by atoms with Crippen LogP contribution in [0.1, 0.15) is 22.3 Å². The molecule has 0 spiro atoms. The Morgan fingerprint density at radius 2 is 2.06 bits per heavy atom. The van der Waals surface area contributed by atoms with Gasteiger partial charge in [-0.1, -0.05) is 42.1 Å². The van der Waals surface area contributed by atoms with Crippen molar-refractivity contribution >= 4 is 47.2 Å². The summed E-state index contributed by atoms with van der Waals surface area (Å²) in [6, 6.07) is 7.32. The van der Waals surface area contributed by atoms with Crippen LogP contribution in [0.3, 0.4) is 0 Å². The molecule has 14 heteroatoms. The molecule has 2 aliphatic heterocycles. The summed E-state index contributed by atoms with van der Waals surface area (Å²) in [5.74, 6) is -3.00. The number of benzene rings is 1. The molecule has 3 amide bonds. The summed E-state index contributed by atoms with van der Waals surface area (Å²) in [5, 5.41) is 28.3.